The maximum atomic E-state index is 10.5. The molecule has 0 aliphatic carbocycles. The minimum atomic E-state index is -0.736. The molecule has 0 aliphatic heterocycles. The van der Waals surface area contributed by atoms with Crippen LogP contribution in [0, 0.1) is 5.92 Å². The van der Waals surface area contributed by atoms with Crippen molar-refractivity contribution in [1.82, 2.24) is 4.90 Å². The second-order valence-electron chi connectivity index (χ2n) is 4.29. The zero-order valence-corrected chi connectivity index (χ0v) is 10.2. The van der Waals surface area contributed by atoms with E-state index in [1.54, 1.807) is 7.11 Å². The van der Waals surface area contributed by atoms with Crippen LogP contribution in [-0.4, -0.2) is 48.8 Å². The van der Waals surface area contributed by atoms with Crippen LogP contribution in [0.4, 0.5) is 0 Å². The highest BCUT2D eigenvalue weighted by Gasteiger charge is 2.14. The molecule has 0 saturated heterocycles. The van der Waals surface area contributed by atoms with Gasteiger partial charge >= 0.3 is 5.97 Å². The summed E-state index contributed by atoms with van der Waals surface area (Å²) in [4.78, 5) is 12.7. The summed E-state index contributed by atoms with van der Waals surface area (Å²) >= 11 is 0. The number of nitrogens with zero attached hydrogens (tertiary/aromatic N) is 1. The number of carbonyl (C=O) groups is 1. The van der Waals surface area contributed by atoms with E-state index in [9.17, 15) is 4.79 Å². The number of hydrogen-bond donors (Lipinski definition) is 1. The highest BCUT2D eigenvalue weighted by atomic mass is 16.5. The van der Waals surface area contributed by atoms with Crippen molar-refractivity contribution in [2.75, 3.05) is 26.8 Å². The zero-order chi connectivity index (χ0) is 11.8. The molecule has 0 aromatic carbocycles. The number of methoxy groups -OCH3 is 1. The van der Waals surface area contributed by atoms with Gasteiger partial charge in [0.25, 0.3) is 0 Å². The fourth-order valence-electron chi connectivity index (χ4n) is 1.54. The van der Waals surface area contributed by atoms with Crippen LogP contribution in [0.3, 0.4) is 0 Å². The Morgan fingerprint density at radius 3 is 2.40 bits per heavy atom. The molecule has 0 heterocycles. The maximum Gasteiger partial charge on any atom is 0.304 e. The molecule has 0 spiro atoms. The van der Waals surface area contributed by atoms with Crippen LogP contribution in [0.2, 0.25) is 0 Å². The standard InChI is InChI=1S/C11H23NO3/c1-9(2)12(6-5-11(13)14)7-10(3)8-15-4/h9-10H,5-8H2,1-4H3,(H,13,14). The van der Waals surface area contributed by atoms with Gasteiger partial charge in [0, 0.05) is 32.8 Å². The summed E-state index contributed by atoms with van der Waals surface area (Å²) in [6, 6.07) is 0.378. The van der Waals surface area contributed by atoms with Crippen molar-refractivity contribution >= 4 is 5.97 Å². The van der Waals surface area contributed by atoms with E-state index in [0.29, 0.717) is 18.5 Å². The van der Waals surface area contributed by atoms with Gasteiger partial charge in [-0.25, -0.2) is 0 Å². The van der Waals surface area contributed by atoms with Crippen molar-refractivity contribution in [2.45, 2.75) is 33.2 Å². The number of hydrogen-bond acceptors (Lipinski definition) is 3. The van der Waals surface area contributed by atoms with Gasteiger partial charge in [0.15, 0.2) is 0 Å². The Labute approximate surface area is 92.2 Å². The molecule has 0 saturated carbocycles. The molecule has 0 rings (SSSR count). The van der Waals surface area contributed by atoms with Gasteiger partial charge in [-0.15, -0.1) is 0 Å². The zero-order valence-electron chi connectivity index (χ0n) is 10.2. The quantitative estimate of drug-likeness (QED) is 0.668. The Kier molecular flexibility index (Phi) is 7.34. The lowest BCUT2D eigenvalue weighted by Gasteiger charge is -2.28. The largest absolute Gasteiger partial charge is 0.481 e. The summed E-state index contributed by atoms with van der Waals surface area (Å²) in [5, 5.41) is 8.63. The first kappa shape index (κ1) is 14.4. The summed E-state index contributed by atoms with van der Waals surface area (Å²) in [7, 11) is 1.69. The lowest BCUT2D eigenvalue weighted by Crippen LogP contribution is -2.37. The molecular weight excluding hydrogens is 194 g/mol. The molecule has 0 aromatic rings. The third-order valence-electron chi connectivity index (χ3n) is 2.34. The van der Waals surface area contributed by atoms with E-state index in [2.05, 4.69) is 25.7 Å². The molecule has 4 nitrogen and oxygen atoms in total. The monoisotopic (exact) mass is 217 g/mol. The molecular formula is C11H23NO3. The van der Waals surface area contributed by atoms with Crippen molar-refractivity contribution in [2.24, 2.45) is 5.92 Å². The Morgan fingerprint density at radius 1 is 1.40 bits per heavy atom. The molecule has 0 radical (unpaired) electrons. The van der Waals surface area contributed by atoms with Gasteiger partial charge in [0.1, 0.15) is 0 Å². The van der Waals surface area contributed by atoms with Gasteiger partial charge in [-0.05, 0) is 19.8 Å². The Balaban J connectivity index is 3.98. The van der Waals surface area contributed by atoms with Crippen molar-refractivity contribution in [3.8, 4) is 0 Å². The van der Waals surface area contributed by atoms with Crippen LogP contribution in [0.5, 0.6) is 0 Å². The highest BCUT2D eigenvalue weighted by molar-refractivity contribution is 5.66. The summed E-state index contributed by atoms with van der Waals surface area (Å²) < 4.78 is 5.07. The van der Waals surface area contributed by atoms with Crippen LogP contribution in [0.25, 0.3) is 0 Å². The van der Waals surface area contributed by atoms with Gasteiger partial charge in [-0.1, -0.05) is 6.92 Å². The van der Waals surface area contributed by atoms with Gasteiger partial charge in [0.2, 0.25) is 0 Å². The number of aliphatic carboxylic acids is 1. The maximum absolute atomic E-state index is 10.5. The van der Waals surface area contributed by atoms with Crippen LogP contribution in [0.1, 0.15) is 27.2 Å². The Hall–Kier alpha value is -0.610. The van der Waals surface area contributed by atoms with Crippen molar-refractivity contribution in [3.05, 3.63) is 0 Å². The average molecular weight is 217 g/mol. The molecule has 15 heavy (non-hydrogen) atoms. The first-order valence-corrected chi connectivity index (χ1v) is 5.42. The van der Waals surface area contributed by atoms with E-state index in [1.807, 2.05) is 0 Å². The molecule has 90 valence electrons. The predicted octanol–water partition coefficient (Wildman–Crippen LogP) is 1.45. The number of rotatable bonds is 8. The van der Waals surface area contributed by atoms with Crippen LogP contribution >= 0.6 is 0 Å². The molecule has 1 unspecified atom stereocenters. The van der Waals surface area contributed by atoms with E-state index in [0.717, 1.165) is 13.2 Å². The minimum Gasteiger partial charge on any atom is -0.481 e. The lowest BCUT2D eigenvalue weighted by atomic mass is 10.1. The third kappa shape index (κ3) is 7.33. The van der Waals surface area contributed by atoms with Crippen LogP contribution < -0.4 is 0 Å². The SMILES string of the molecule is COCC(C)CN(CCC(=O)O)C(C)C. The topological polar surface area (TPSA) is 49.8 Å². The third-order valence-corrected chi connectivity index (χ3v) is 2.34. The number of ether oxygens (including phenoxy) is 1. The van der Waals surface area contributed by atoms with Crippen molar-refractivity contribution < 1.29 is 14.6 Å². The predicted molar refractivity (Wildman–Crippen MR) is 60.0 cm³/mol. The minimum absolute atomic E-state index is 0.206. The molecule has 0 aliphatic rings. The fourth-order valence-corrected chi connectivity index (χ4v) is 1.54. The van der Waals surface area contributed by atoms with Crippen molar-refractivity contribution in [1.29, 1.82) is 0 Å². The molecule has 0 bridgehead atoms. The first-order valence-electron chi connectivity index (χ1n) is 5.42. The van der Waals surface area contributed by atoms with Gasteiger partial charge < -0.3 is 14.7 Å². The Bertz CT molecular complexity index is 183. The molecule has 0 fully saturated rings. The van der Waals surface area contributed by atoms with Gasteiger partial charge in [0.05, 0.1) is 6.42 Å². The number of carboxylic acids is 1. The van der Waals surface area contributed by atoms with Gasteiger partial charge in [-0.3, -0.25) is 4.79 Å². The molecule has 0 amide bonds. The second kappa shape index (κ2) is 7.65. The van der Waals surface area contributed by atoms with E-state index >= 15 is 0 Å². The summed E-state index contributed by atoms with van der Waals surface area (Å²) in [6.07, 6.45) is 0.206. The van der Waals surface area contributed by atoms with Crippen LogP contribution in [-0.2, 0) is 9.53 Å². The van der Waals surface area contributed by atoms with Gasteiger partial charge in [-0.2, -0.15) is 0 Å². The lowest BCUT2D eigenvalue weighted by molar-refractivity contribution is -0.137. The smallest absolute Gasteiger partial charge is 0.304 e. The summed E-state index contributed by atoms with van der Waals surface area (Å²) in [6.45, 7) is 8.50. The summed E-state index contributed by atoms with van der Waals surface area (Å²) in [5.74, 6) is -0.300. The van der Waals surface area contributed by atoms with Crippen molar-refractivity contribution in [3.63, 3.8) is 0 Å². The first-order chi connectivity index (χ1) is 6.97. The van der Waals surface area contributed by atoms with Crippen LogP contribution in [0.15, 0.2) is 0 Å². The highest BCUT2D eigenvalue weighted by Crippen LogP contribution is 2.06. The average Bonchev–Trinajstić information content (AvgIpc) is 2.11. The molecule has 1 N–H and O–H groups in total. The number of carboxylic acid groups (broad SMARTS) is 1. The van der Waals surface area contributed by atoms with E-state index in [-0.39, 0.29) is 6.42 Å². The normalized spacial score (nSPS) is 13.5. The van der Waals surface area contributed by atoms with E-state index < -0.39 is 5.97 Å². The summed E-state index contributed by atoms with van der Waals surface area (Å²) in [5.41, 5.74) is 0. The Morgan fingerprint density at radius 2 is 2.00 bits per heavy atom. The molecule has 1 atom stereocenters. The fraction of sp³-hybridized carbons (Fsp3) is 0.909. The second-order valence-corrected chi connectivity index (χ2v) is 4.29. The molecule has 0 aromatic heterocycles. The van der Waals surface area contributed by atoms with E-state index in [4.69, 9.17) is 9.84 Å². The molecule has 4 heteroatoms. The van der Waals surface area contributed by atoms with E-state index in [1.165, 1.54) is 0 Å².